The maximum Gasteiger partial charge on any atom is 0.241 e. The second-order valence-corrected chi connectivity index (χ2v) is 7.92. The van der Waals surface area contributed by atoms with E-state index in [9.17, 15) is 8.42 Å². The summed E-state index contributed by atoms with van der Waals surface area (Å²) < 4.78 is 33.9. The number of halogens is 1. The second-order valence-electron chi connectivity index (χ2n) is 5.42. The van der Waals surface area contributed by atoms with Crippen molar-refractivity contribution in [3.05, 3.63) is 22.2 Å². The topological polar surface area (TPSA) is 81.4 Å². The molecule has 1 heterocycles. The zero-order chi connectivity index (χ0) is 15.0. The first-order valence-electron chi connectivity index (χ1n) is 6.41. The molecule has 112 valence electrons. The molecule has 0 atom stereocenters. The highest BCUT2D eigenvalue weighted by molar-refractivity contribution is 9.10. The van der Waals surface area contributed by atoms with E-state index in [1.807, 2.05) is 6.92 Å². The van der Waals surface area contributed by atoms with Gasteiger partial charge >= 0.3 is 0 Å². The van der Waals surface area contributed by atoms with Crippen LogP contribution in [0.4, 0.5) is 5.69 Å². The molecule has 3 N–H and O–H groups in total. The number of aryl methyl sites for hydroxylation is 1. The van der Waals surface area contributed by atoms with Gasteiger partial charge in [-0.3, -0.25) is 0 Å². The highest BCUT2D eigenvalue weighted by Crippen LogP contribution is 2.29. The van der Waals surface area contributed by atoms with Crippen molar-refractivity contribution in [2.75, 3.05) is 18.9 Å². The fourth-order valence-corrected chi connectivity index (χ4v) is 4.45. The van der Waals surface area contributed by atoms with E-state index in [0.717, 1.165) is 0 Å². The van der Waals surface area contributed by atoms with E-state index >= 15 is 0 Å². The van der Waals surface area contributed by atoms with Gasteiger partial charge in [0.1, 0.15) is 0 Å². The van der Waals surface area contributed by atoms with Crippen LogP contribution in [0.3, 0.4) is 0 Å². The number of nitrogens with one attached hydrogen (secondary N) is 1. The fourth-order valence-electron chi connectivity index (χ4n) is 2.26. The van der Waals surface area contributed by atoms with Gasteiger partial charge in [-0.25, -0.2) is 13.1 Å². The first kappa shape index (κ1) is 15.8. The van der Waals surface area contributed by atoms with Gasteiger partial charge in [-0.2, -0.15) is 0 Å². The Hall–Kier alpha value is -0.630. The molecule has 0 bridgehead atoms. The standard InChI is InChI=1S/C13H19BrN2O3S/c1-9-7-10(14)11(15)8-12(9)20(17,18)16-13(2)3-5-19-6-4-13/h7-8,16H,3-6,15H2,1-2H3. The maximum atomic E-state index is 12.6. The molecule has 1 aliphatic rings. The lowest BCUT2D eigenvalue weighted by molar-refractivity contribution is 0.0537. The summed E-state index contributed by atoms with van der Waals surface area (Å²) >= 11 is 3.30. The van der Waals surface area contributed by atoms with E-state index in [-0.39, 0.29) is 4.90 Å². The van der Waals surface area contributed by atoms with E-state index in [1.165, 1.54) is 6.07 Å². The predicted octanol–water partition coefficient (Wildman–Crippen LogP) is 2.19. The molecule has 0 unspecified atom stereocenters. The Morgan fingerprint density at radius 3 is 2.55 bits per heavy atom. The number of benzene rings is 1. The van der Waals surface area contributed by atoms with Gasteiger partial charge in [0.15, 0.2) is 0 Å². The molecule has 0 amide bonds. The molecule has 1 fully saturated rings. The number of nitrogen functional groups attached to an aromatic ring is 1. The predicted molar refractivity (Wildman–Crippen MR) is 82.1 cm³/mol. The summed E-state index contributed by atoms with van der Waals surface area (Å²) in [6.07, 6.45) is 1.33. The number of hydrogen-bond donors (Lipinski definition) is 2. The third-order valence-corrected chi connectivity index (χ3v) is 6.03. The van der Waals surface area contributed by atoms with Crippen LogP contribution in [0.2, 0.25) is 0 Å². The zero-order valence-electron chi connectivity index (χ0n) is 11.6. The molecule has 0 spiro atoms. The van der Waals surface area contributed by atoms with Crippen LogP contribution in [0.25, 0.3) is 0 Å². The Kier molecular flexibility index (Phi) is 4.44. The summed E-state index contributed by atoms with van der Waals surface area (Å²) in [5, 5.41) is 0. The Balaban J connectivity index is 2.33. The van der Waals surface area contributed by atoms with Gasteiger partial charge in [-0.05, 0) is 60.3 Å². The minimum atomic E-state index is -3.59. The van der Waals surface area contributed by atoms with Crippen LogP contribution in [0, 0.1) is 6.92 Å². The van der Waals surface area contributed by atoms with Gasteiger partial charge < -0.3 is 10.5 Å². The number of nitrogens with two attached hydrogens (primary N) is 1. The molecule has 0 saturated carbocycles. The molecule has 0 aromatic heterocycles. The van der Waals surface area contributed by atoms with Crippen LogP contribution in [0.1, 0.15) is 25.3 Å². The second kappa shape index (κ2) is 5.63. The molecule has 1 aromatic rings. The summed E-state index contributed by atoms with van der Waals surface area (Å²) in [5.74, 6) is 0. The molecular formula is C13H19BrN2O3S. The van der Waals surface area contributed by atoms with Crippen molar-refractivity contribution in [2.45, 2.75) is 37.1 Å². The molecule has 1 aromatic carbocycles. The van der Waals surface area contributed by atoms with Crippen LogP contribution >= 0.6 is 15.9 Å². The molecule has 0 radical (unpaired) electrons. The Labute approximate surface area is 128 Å². The van der Waals surface area contributed by atoms with Crippen LogP contribution in [0.15, 0.2) is 21.5 Å². The first-order valence-corrected chi connectivity index (χ1v) is 8.68. The summed E-state index contributed by atoms with van der Waals surface area (Å²) in [5.41, 5.74) is 6.40. The van der Waals surface area contributed by atoms with Crippen molar-refractivity contribution in [3.63, 3.8) is 0 Å². The van der Waals surface area contributed by atoms with Crippen molar-refractivity contribution < 1.29 is 13.2 Å². The van der Waals surface area contributed by atoms with Gasteiger partial charge in [0.2, 0.25) is 10.0 Å². The third-order valence-electron chi connectivity index (χ3n) is 3.56. The van der Waals surface area contributed by atoms with Gasteiger partial charge in [-0.15, -0.1) is 0 Å². The van der Waals surface area contributed by atoms with Crippen molar-refractivity contribution in [3.8, 4) is 0 Å². The van der Waals surface area contributed by atoms with Gasteiger partial charge in [0.05, 0.1) is 4.90 Å². The molecule has 2 rings (SSSR count). The summed E-state index contributed by atoms with van der Waals surface area (Å²) in [4.78, 5) is 0.228. The molecule has 0 aliphatic carbocycles. The average Bonchev–Trinajstić information content (AvgIpc) is 2.33. The Bertz CT molecular complexity index is 610. The number of ether oxygens (including phenoxy) is 1. The highest BCUT2D eigenvalue weighted by Gasteiger charge is 2.33. The van der Waals surface area contributed by atoms with Crippen molar-refractivity contribution >= 4 is 31.6 Å². The van der Waals surface area contributed by atoms with Gasteiger partial charge in [-0.1, -0.05) is 0 Å². The molecule has 1 saturated heterocycles. The highest BCUT2D eigenvalue weighted by atomic mass is 79.9. The largest absolute Gasteiger partial charge is 0.398 e. The summed E-state index contributed by atoms with van der Waals surface area (Å²) in [7, 11) is -3.59. The lowest BCUT2D eigenvalue weighted by atomic mass is 9.94. The van der Waals surface area contributed by atoms with Crippen molar-refractivity contribution in [2.24, 2.45) is 0 Å². The average molecular weight is 363 g/mol. The van der Waals surface area contributed by atoms with Gasteiger partial charge in [0, 0.05) is 28.9 Å². The van der Waals surface area contributed by atoms with E-state index in [0.29, 0.717) is 41.8 Å². The lowest BCUT2D eigenvalue weighted by Crippen LogP contribution is -2.49. The molecule has 20 heavy (non-hydrogen) atoms. The molecular weight excluding hydrogens is 344 g/mol. The fraction of sp³-hybridized carbons (Fsp3) is 0.538. The summed E-state index contributed by atoms with van der Waals surface area (Å²) in [6.45, 7) is 4.80. The number of sulfonamides is 1. The smallest absolute Gasteiger partial charge is 0.241 e. The number of anilines is 1. The quantitative estimate of drug-likeness (QED) is 0.807. The monoisotopic (exact) mass is 362 g/mol. The minimum absolute atomic E-state index is 0.228. The van der Waals surface area contributed by atoms with Crippen LogP contribution in [-0.2, 0) is 14.8 Å². The van der Waals surface area contributed by atoms with Crippen molar-refractivity contribution in [1.82, 2.24) is 4.72 Å². The van der Waals surface area contributed by atoms with Crippen molar-refractivity contribution in [1.29, 1.82) is 0 Å². The number of hydrogen-bond acceptors (Lipinski definition) is 4. The Morgan fingerprint density at radius 2 is 1.95 bits per heavy atom. The van der Waals surface area contributed by atoms with E-state index in [2.05, 4.69) is 20.7 Å². The zero-order valence-corrected chi connectivity index (χ0v) is 14.0. The molecule has 5 nitrogen and oxygen atoms in total. The van der Waals surface area contributed by atoms with Crippen LogP contribution in [-0.4, -0.2) is 27.2 Å². The molecule has 1 aliphatic heterocycles. The van der Waals surface area contributed by atoms with E-state index < -0.39 is 15.6 Å². The van der Waals surface area contributed by atoms with E-state index in [4.69, 9.17) is 10.5 Å². The number of rotatable bonds is 3. The normalized spacial score (nSPS) is 18.9. The first-order chi connectivity index (χ1) is 9.23. The Morgan fingerprint density at radius 1 is 1.35 bits per heavy atom. The lowest BCUT2D eigenvalue weighted by Gasteiger charge is -2.34. The summed E-state index contributed by atoms with van der Waals surface area (Å²) in [6, 6.07) is 3.21. The SMILES string of the molecule is Cc1cc(Br)c(N)cc1S(=O)(=O)NC1(C)CCOCC1. The van der Waals surface area contributed by atoms with E-state index in [1.54, 1.807) is 13.0 Å². The van der Waals surface area contributed by atoms with Crippen LogP contribution in [0.5, 0.6) is 0 Å². The minimum Gasteiger partial charge on any atom is -0.398 e. The third kappa shape index (κ3) is 3.33. The van der Waals surface area contributed by atoms with Gasteiger partial charge in [0.25, 0.3) is 0 Å². The maximum absolute atomic E-state index is 12.6. The molecule has 7 heteroatoms. The van der Waals surface area contributed by atoms with Crippen LogP contribution < -0.4 is 10.5 Å².